The molecule has 0 saturated heterocycles. The van der Waals surface area contributed by atoms with E-state index in [1.54, 1.807) is 13.8 Å². The van der Waals surface area contributed by atoms with Gasteiger partial charge in [-0.15, -0.1) is 0 Å². The van der Waals surface area contributed by atoms with E-state index < -0.39 is 24.5 Å². The zero-order chi connectivity index (χ0) is 27.7. The van der Waals surface area contributed by atoms with Gasteiger partial charge in [-0.1, -0.05) is 6.92 Å². The highest BCUT2D eigenvalue weighted by molar-refractivity contribution is 6.09. The zero-order valence-corrected chi connectivity index (χ0v) is 21.9. The lowest BCUT2D eigenvalue weighted by atomic mass is 9.89. The van der Waals surface area contributed by atoms with E-state index in [1.165, 1.54) is 24.5 Å². The molecular weight excluding hydrogens is 511 g/mol. The number of halogens is 3. The summed E-state index contributed by atoms with van der Waals surface area (Å²) in [5, 5.41) is 5.61. The molecule has 2 amide bonds. The fraction of sp³-hybridized carbons (Fsp3) is 0.500. The summed E-state index contributed by atoms with van der Waals surface area (Å²) in [6.45, 7) is 3.93. The van der Waals surface area contributed by atoms with Crippen molar-refractivity contribution in [1.82, 2.24) is 25.6 Å². The van der Waals surface area contributed by atoms with Gasteiger partial charge in [-0.25, -0.2) is 23.1 Å². The molecule has 2 aliphatic carbocycles. The Hall–Kier alpha value is -3.63. The van der Waals surface area contributed by atoms with E-state index >= 15 is 0 Å². The van der Waals surface area contributed by atoms with Crippen LogP contribution in [0, 0.1) is 12.8 Å². The molecule has 2 fully saturated rings. The molecule has 5 rings (SSSR count). The zero-order valence-electron chi connectivity index (χ0n) is 21.9. The second kappa shape index (κ2) is 11.2. The van der Waals surface area contributed by atoms with Crippen LogP contribution in [0.1, 0.15) is 73.5 Å². The van der Waals surface area contributed by atoms with Crippen LogP contribution in [-0.4, -0.2) is 51.6 Å². The molecule has 2 aromatic heterocycles. The van der Waals surface area contributed by atoms with Crippen LogP contribution in [0.15, 0.2) is 24.5 Å². The Morgan fingerprint density at radius 1 is 1.15 bits per heavy atom. The lowest BCUT2D eigenvalue weighted by Gasteiger charge is -2.32. The topological polar surface area (TPSA) is 109 Å². The maximum absolute atomic E-state index is 15.0. The number of rotatable bonds is 9. The van der Waals surface area contributed by atoms with Crippen LogP contribution in [0.25, 0.3) is 22.3 Å². The number of benzene rings is 1. The number of amides is 2. The number of aryl methyl sites for hydroxylation is 1. The summed E-state index contributed by atoms with van der Waals surface area (Å²) in [7, 11) is 0. The number of hydrogen-bond donors (Lipinski definition) is 3. The van der Waals surface area contributed by atoms with Gasteiger partial charge in [0.15, 0.2) is 0 Å². The third kappa shape index (κ3) is 5.86. The van der Waals surface area contributed by atoms with Crippen molar-refractivity contribution < 1.29 is 27.5 Å². The number of nitrogens with one attached hydrogen (secondary N) is 3. The molecule has 8 nitrogen and oxygen atoms in total. The van der Waals surface area contributed by atoms with Gasteiger partial charge in [0, 0.05) is 35.7 Å². The third-order valence-electron chi connectivity index (χ3n) is 7.46. The molecule has 11 heteroatoms. The van der Waals surface area contributed by atoms with Gasteiger partial charge in [-0.2, -0.15) is 0 Å². The number of carbonyl (C=O) groups excluding carboxylic acids is 2. The molecule has 0 unspecified atom stereocenters. The average molecular weight is 544 g/mol. The number of aromatic nitrogens is 3. The number of alkyl halides is 3. The number of aromatic amines is 1. The summed E-state index contributed by atoms with van der Waals surface area (Å²) in [4.78, 5) is 36.8. The van der Waals surface area contributed by atoms with E-state index in [4.69, 9.17) is 4.74 Å². The Kier molecular flexibility index (Phi) is 7.76. The van der Waals surface area contributed by atoms with Crippen molar-refractivity contribution in [3.63, 3.8) is 0 Å². The molecule has 0 spiro atoms. The van der Waals surface area contributed by atoms with Crippen molar-refractivity contribution in [2.75, 3.05) is 6.61 Å². The summed E-state index contributed by atoms with van der Waals surface area (Å²) < 4.78 is 48.1. The van der Waals surface area contributed by atoms with Crippen LogP contribution >= 0.6 is 0 Å². The van der Waals surface area contributed by atoms with Crippen LogP contribution in [0.2, 0.25) is 0 Å². The van der Waals surface area contributed by atoms with Gasteiger partial charge < -0.3 is 20.4 Å². The normalized spacial score (nSPS) is 21.2. The molecular formula is C28H32F3N5O3. The largest absolute Gasteiger partial charge is 0.493 e. The van der Waals surface area contributed by atoms with Gasteiger partial charge in [0.2, 0.25) is 5.91 Å². The van der Waals surface area contributed by atoms with Crippen molar-refractivity contribution in [2.45, 2.75) is 77.1 Å². The highest BCUT2D eigenvalue weighted by Gasteiger charge is 2.33. The Bertz CT molecular complexity index is 1370. The molecule has 2 heterocycles. The molecule has 3 aromatic rings. The number of fused-ring (bicyclic) bond motifs is 1. The van der Waals surface area contributed by atoms with Crippen LogP contribution < -0.4 is 15.4 Å². The second-order valence-electron chi connectivity index (χ2n) is 10.4. The molecule has 3 atom stereocenters. The van der Waals surface area contributed by atoms with Gasteiger partial charge in [0.25, 0.3) is 12.3 Å². The Labute approximate surface area is 224 Å². The third-order valence-corrected chi connectivity index (χ3v) is 7.46. The molecule has 0 bridgehead atoms. The summed E-state index contributed by atoms with van der Waals surface area (Å²) in [5.41, 5.74) is 2.00. The maximum Gasteiger partial charge on any atom is 0.263 e. The van der Waals surface area contributed by atoms with Crippen LogP contribution in [-0.2, 0) is 4.79 Å². The number of carbonyl (C=O) groups is 2. The number of ether oxygens (including phenoxy) is 1. The van der Waals surface area contributed by atoms with Gasteiger partial charge in [0.05, 0.1) is 23.7 Å². The first kappa shape index (κ1) is 27.0. The summed E-state index contributed by atoms with van der Waals surface area (Å²) >= 11 is 0. The second-order valence-corrected chi connectivity index (χ2v) is 10.4. The fourth-order valence-electron chi connectivity index (χ4n) is 5.07. The van der Waals surface area contributed by atoms with Gasteiger partial charge >= 0.3 is 0 Å². The van der Waals surface area contributed by atoms with Gasteiger partial charge in [-0.05, 0) is 56.7 Å². The van der Waals surface area contributed by atoms with E-state index in [9.17, 15) is 22.8 Å². The lowest BCUT2D eigenvalue weighted by molar-refractivity contribution is -0.121. The maximum atomic E-state index is 15.0. The highest BCUT2D eigenvalue weighted by atomic mass is 19.3. The predicted octanol–water partition coefficient (Wildman–Crippen LogP) is 5.17. The van der Waals surface area contributed by atoms with Gasteiger partial charge in [0.1, 0.15) is 29.5 Å². The highest BCUT2D eigenvalue weighted by Crippen LogP contribution is 2.38. The summed E-state index contributed by atoms with van der Waals surface area (Å²) in [6.07, 6.45) is 0.828. The van der Waals surface area contributed by atoms with E-state index in [1.807, 2.05) is 0 Å². The molecule has 2 aliphatic rings. The van der Waals surface area contributed by atoms with E-state index in [-0.39, 0.29) is 29.5 Å². The predicted molar refractivity (Wildman–Crippen MR) is 139 cm³/mol. The van der Waals surface area contributed by atoms with Crippen LogP contribution in [0.3, 0.4) is 0 Å². The Morgan fingerprint density at radius 2 is 1.95 bits per heavy atom. The lowest BCUT2D eigenvalue weighted by Crippen LogP contribution is -2.50. The van der Waals surface area contributed by atoms with Crippen molar-refractivity contribution in [3.05, 3.63) is 41.3 Å². The monoisotopic (exact) mass is 543 g/mol. The van der Waals surface area contributed by atoms with Crippen LogP contribution in [0.5, 0.6) is 5.75 Å². The SMILES string of the molecule is CCC(=O)N[C@H]1CC[C@@H](NC(=O)c2c(C)[nH]c3c(-c4cc(C(F)F)ccc4OCC4CC4)ncnc23)[C@H](F)C1. The fourth-order valence-corrected chi connectivity index (χ4v) is 5.07. The van der Waals surface area contributed by atoms with E-state index in [2.05, 4.69) is 25.6 Å². The van der Waals surface area contributed by atoms with Crippen LogP contribution in [0.4, 0.5) is 13.2 Å². The van der Waals surface area contributed by atoms with Gasteiger partial charge in [-0.3, -0.25) is 9.59 Å². The van der Waals surface area contributed by atoms with Crippen molar-refractivity contribution in [2.24, 2.45) is 5.92 Å². The molecule has 3 N–H and O–H groups in total. The molecule has 1 aromatic carbocycles. The standard InChI is InChI=1S/C28H32F3N5O3/c1-3-22(37)35-17-7-8-20(19(29)11-17)36-28(38)23-14(2)34-26-24(32-13-33-25(23)26)18-10-16(27(30)31)6-9-21(18)39-12-15-4-5-15/h6,9-10,13,15,17,19-20,27,34H,3-5,7-8,11-12H2,1-2H3,(H,35,37)(H,36,38)/t17-,19+,20+/m0/s1. The Morgan fingerprint density at radius 3 is 2.64 bits per heavy atom. The minimum atomic E-state index is -2.68. The van der Waals surface area contributed by atoms with Crippen molar-refractivity contribution >= 4 is 22.8 Å². The first-order valence-corrected chi connectivity index (χ1v) is 13.4. The first-order chi connectivity index (χ1) is 18.7. The molecule has 208 valence electrons. The minimum Gasteiger partial charge on any atom is -0.493 e. The molecule has 39 heavy (non-hydrogen) atoms. The molecule has 0 aliphatic heterocycles. The summed E-state index contributed by atoms with van der Waals surface area (Å²) in [5.74, 6) is 0.272. The smallest absolute Gasteiger partial charge is 0.263 e. The number of H-pyrrole nitrogens is 1. The number of hydrogen-bond acceptors (Lipinski definition) is 5. The van der Waals surface area contributed by atoms with E-state index in [0.717, 1.165) is 12.8 Å². The minimum absolute atomic E-state index is 0.125. The van der Waals surface area contributed by atoms with Crippen molar-refractivity contribution in [3.8, 4) is 17.0 Å². The van der Waals surface area contributed by atoms with E-state index in [0.29, 0.717) is 65.5 Å². The first-order valence-electron chi connectivity index (χ1n) is 13.4. The quantitative estimate of drug-likeness (QED) is 0.345. The molecule has 0 radical (unpaired) electrons. The molecule has 2 saturated carbocycles. The average Bonchev–Trinajstić information content (AvgIpc) is 3.68. The summed E-state index contributed by atoms with van der Waals surface area (Å²) in [6, 6.07) is 3.25. The Balaban J connectivity index is 1.42. The number of nitrogens with zero attached hydrogens (tertiary/aromatic N) is 2. The van der Waals surface area contributed by atoms with Crippen molar-refractivity contribution in [1.29, 1.82) is 0 Å².